The standard InChI is InChI=1S/C18H26N5O11PS/c1-8(14(27)32-3)22-35(31,36-7-9-13(26)21-16(28)19-9)33-6-10-12(25)18(2,30)15(34-10)23-5-4-11(24)20-17(23)29/h4-5,8-10,12,15,25,30H,6-7H2,1-3H3,(H,22,31)(H,20,24,29)(H2,19,21,26,28)/t8-,9?,10-,12-,15-,18-,35-/m1/s1. The molecule has 0 spiro atoms. The van der Waals surface area contributed by atoms with Gasteiger partial charge in [0.05, 0.1) is 13.7 Å². The molecule has 200 valence electrons. The molecule has 1 aromatic heterocycles. The first kappa shape index (κ1) is 28.0. The largest absolute Gasteiger partial charge is 0.468 e. The summed E-state index contributed by atoms with van der Waals surface area (Å²) in [6.45, 7) is -2.05. The summed E-state index contributed by atoms with van der Waals surface area (Å²) in [6, 6.07) is -1.81. The number of aliphatic hydroxyl groups excluding tert-OH is 1. The third-order valence-electron chi connectivity index (χ3n) is 5.44. The zero-order valence-electron chi connectivity index (χ0n) is 19.3. The van der Waals surface area contributed by atoms with Crippen molar-refractivity contribution in [3.05, 3.63) is 33.1 Å². The molecule has 2 aliphatic rings. The molecule has 0 bridgehead atoms. The average molecular weight is 551 g/mol. The van der Waals surface area contributed by atoms with Crippen LogP contribution in [0.15, 0.2) is 21.9 Å². The van der Waals surface area contributed by atoms with Crippen molar-refractivity contribution < 1.29 is 43.2 Å². The Kier molecular flexibility index (Phi) is 8.44. The Morgan fingerprint density at radius 3 is 2.67 bits per heavy atom. The van der Waals surface area contributed by atoms with Gasteiger partial charge in [0.2, 0.25) is 0 Å². The number of rotatable bonds is 10. The number of carbonyl (C=O) groups excluding carboxylic acids is 3. The number of H-pyrrole nitrogens is 1. The van der Waals surface area contributed by atoms with Crippen molar-refractivity contribution in [3.63, 3.8) is 0 Å². The first-order chi connectivity index (χ1) is 16.8. The highest BCUT2D eigenvalue weighted by Gasteiger charge is 2.54. The van der Waals surface area contributed by atoms with Gasteiger partial charge < -0.3 is 29.5 Å². The summed E-state index contributed by atoms with van der Waals surface area (Å²) in [5.41, 5.74) is -3.59. The minimum absolute atomic E-state index is 0.197. The number of aromatic nitrogens is 2. The van der Waals surface area contributed by atoms with Crippen molar-refractivity contribution in [1.82, 2.24) is 25.3 Å². The van der Waals surface area contributed by atoms with Gasteiger partial charge in [0.25, 0.3) is 11.5 Å². The predicted octanol–water partition coefficient (Wildman–Crippen LogP) is -2.24. The maximum Gasteiger partial charge on any atom is 0.330 e. The fourth-order valence-corrected chi connectivity index (χ4v) is 7.36. The average Bonchev–Trinajstić information content (AvgIpc) is 3.24. The van der Waals surface area contributed by atoms with Gasteiger partial charge in [0.15, 0.2) is 6.23 Å². The quantitative estimate of drug-likeness (QED) is 0.103. The van der Waals surface area contributed by atoms with E-state index in [-0.39, 0.29) is 5.75 Å². The maximum absolute atomic E-state index is 13.5. The van der Waals surface area contributed by atoms with Gasteiger partial charge in [-0.2, -0.15) is 0 Å². The lowest BCUT2D eigenvalue weighted by Crippen LogP contribution is -2.47. The Labute approximate surface area is 207 Å². The molecule has 7 atom stereocenters. The summed E-state index contributed by atoms with van der Waals surface area (Å²) < 4.78 is 30.2. The number of amides is 3. The van der Waals surface area contributed by atoms with Gasteiger partial charge in [-0.25, -0.2) is 14.7 Å². The molecule has 3 heterocycles. The number of imide groups is 1. The van der Waals surface area contributed by atoms with Crippen LogP contribution in [0.2, 0.25) is 0 Å². The van der Waals surface area contributed by atoms with Crippen LogP contribution in [-0.4, -0.2) is 87.0 Å². The number of nitrogens with one attached hydrogen (secondary N) is 4. The molecule has 1 unspecified atom stereocenters. The van der Waals surface area contributed by atoms with Gasteiger partial charge in [0.1, 0.15) is 29.9 Å². The summed E-state index contributed by atoms with van der Waals surface area (Å²) in [7, 11) is 1.13. The summed E-state index contributed by atoms with van der Waals surface area (Å²) in [6.07, 6.45) is -3.28. The lowest BCUT2D eigenvalue weighted by Gasteiger charge is -2.27. The molecule has 0 saturated carbocycles. The van der Waals surface area contributed by atoms with Crippen LogP contribution in [0.3, 0.4) is 0 Å². The zero-order chi connectivity index (χ0) is 26.8. The van der Waals surface area contributed by atoms with Crippen LogP contribution in [-0.2, 0) is 28.2 Å². The second-order valence-corrected chi connectivity index (χ2v) is 12.5. The fraction of sp³-hybridized carbons (Fsp3) is 0.611. The third-order valence-corrected chi connectivity index (χ3v) is 9.56. The number of methoxy groups -OCH3 is 1. The minimum atomic E-state index is -4.02. The smallest absolute Gasteiger partial charge is 0.330 e. The first-order valence-corrected chi connectivity index (χ1v) is 13.7. The van der Waals surface area contributed by atoms with E-state index in [1.165, 1.54) is 13.8 Å². The number of nitrogens with zero attached hydrogens (tertiary/aromatic N) is 1. The van der Waals surface area contributed by atoms with Crippen LogP contribution in [0.4, 0.5) is 4.79 Å². The summed E-state index contributed by atoms with van der Waals surface area (Å²) in [4.78, 5) is 60.5. The Morgan fingerprint density at radius 1 is 1.39 bits per heavy atom. The zero-order valence-corrected chi connectivity index (χ0v) is 21.0. The predicted molar refractivity (Wildman–Crippen MR) is 123 cm³/mol. The maximum atomic E-state index is 13.5. The number of urea groups is 1. The number of carbonyl (C=O) groups is 3. The van der Waals surface area contributed by atoms with Crippen molar-refractivity contribution in [1.29, 1.82) is 0 Å². The van der Waals surface area contributed by atoms with Crippen LogP contribution in [0.5, 0.6) is 0 Å². The van der Waals surface area contributed by atoms with Crippen molar-refractivity contribution in [2.75, 3.05) is 19.5 Å². The highest BCUT2D eigenvalue weighted by atomic mass is 32.7. The second kappa shape index (κ2) is 10.8. The molecule has 18 heteroatoms. The lowest BCUT2D eigenvalue weighted by molar-refractivity contribution is -0.142. The van der Waals surface area contributed by atoms with E-state index in [1.807, 2.05) is 10.3 Å². The molecule has 0 aromatic carbocycles. The number of ether oxygens (including phenoxy) is 2. The molecule has 3 amide bonds. The van der Waals surface area contributed by atoms with Gasteiger partial charge in [-0.15, -0.1) is 0 Å². The molecule has 0 aliphatic carbocycles. The molecule has 3 rings (SSSR count). The number of aliphatic hydroxyl groups is 2. The van der Waals surface area contributed by atoms with E-state index in [9.17, 15) is 38.8 Å². The van der Waals surface area contributed by atoms with Crippen molar-refractivity contribution in [2.24, 2.45) is 0 Å². The minimum Gasteiger partial charge on any atom is -0.468 e. The summed E-state index contributed by atoms with van der Waals surface area (Å²) in [5, 5.41) is 28.3. The SMILES string of the molecule is COC(=O)[C@@H](C)N[P@@](=O)(OC[C@H]1O[C@@H](n2ccc(=O)[nH]c2=O)[C@](C)(O)[C@@H]1O)SCC1NC(=O)NC1=O. The third kappa shape index (κ3) is 6.05. The summed E-state index contributed by atoms with van der Waals surface area (Å²) >= 11 is 0.613. The van der Waals surface area contributed by atoms with E-state index in [0.717, 1.165) is 23.9 Å². The fourth-order valence-electron chi connectivity index (χ4n) is 3.49. The van der Waals surface area contributed by atoms with Gasteiger partial charge in [-0.3, -0.25) is 33.8 Å². The molecule has 6 N–H and O–H groups in total. The van der Waals surface area contributed by atoms with Gasteiger partial charge in [-0.1, -0.05) is 11.4 Å². The lowest BCUT2D eigenvalue weighted by atomic mass is 9.96. The normalized spacial score (nSPS) is 30.4. The molecule has 2 fully saturated rings. The molecule has 1 aromatic rings. The first-order valence-electron chi connectivity index (χ1n) is 10.5. The number of hydrogen-bond acceptors (Lipinski definition) is 12. The van der Waals surface area contributed by atoms with Crippen LogP contribution < -0.4 is 27.0 Å². The van der Waals surface area contributed by atoms with Crippen molar-refractivity contribution >= 4 is 36.0 Å². The number of aromatic amines is 1. The molecule has 36 heavy (non-hydrogen) atoms. The van der Waals surface area contributed by atoms with E-state index in [1.54, 1.807) is 0 Å². The Bertz CT molecular complexity index is 1190. The van der Waals surface area contributed by atoms with E-state index in [0.29, 0.717) is 11.4 Å². The van der Waals surface area contributed by atoms with Crippen LogP contribution in [0, 0.1) is 0 Å². The molecule has 0 radical (unpaired) electrons. The Hall–Kier alpha value is -2.53. The number of esters is 1. The Balaban J connectivity index is 1.76. The highest BCUT2D eigenvalue weighted by Crippen LogP contribution is 2.57. The monoisotopic (exact) mass is 551 g/mol. The van der Waals surface area contributed by atoms with Gasteiger partial charge in [0, 0.05) is 18.0 Å². The molecule has 16 nitrogen and oxygen atoms in total. The molecule has 2 saturated heterocycles. The number of hydrogen-bond donors (Lipinski definition) is 6. The van der Waals surface area contributed by atoms with Crippen molar-refractivity contribution in [3.8, 4) is 0 Å². The van der Waals surface area contributed by atoms with Gasteiger partial charge >= 0.3 is 24.4 Å². The molecular weight excluding hydrogens is 525 g/mol. The molecule has 2 aliphatic heterocycles. The van der Waals surface area contributed by atoms with Gasteiger partial charge in [-0.05, 0) is 13.8 Å². The van der Waals surface area contributed by atoms with Crippen LogP contribution >= 0.6 is 18.1 Å². The van der Waals surface area contributed by atoms with E-state index in [2.05, 4.69) is 15.1 Å². The Morgan fingerprint density at radius 2 is 2.08 bits per heavy atom. The summed E-state index contributed by atoms with van der Waals surface area (Å²) in [5.74, 6) is -1.60. The van der Waals surface area contributed by atoms with E-state index >= 15 is 0 Å². The topological polar surface area (TPSA) is 227 Å². The van der Waals surface area contributed by atoms with Crippen LogP contribution in [0.25, 0.3) is 0 Å². The highest BCUT2D eigenvalue weighted by molar-refractivity contribution is 8.56. The van der Waals surface area contributed by atoms with Crippen LogP contribution in [0.1, 0.15) is 20.1 Å². The second-order valence-electron chi connectivity index (χ2n) is 8.19. The van der Waals surface area contributed by atoms with E-state index < -0.39 is 78.6 Å². The van der Waals surface area contributed by atoms with Crippen molar-refractivity contribution in [2.45, 2.75) is 50.0 Å². The molecular formula is C18H26N5O11PS. The van der Waals surface area contributed by atoms with E-state index in [4.69, 9.17) is 9.26 Å².